The van der Waals surface area contributed by atoms with E-state index in [-0.39, 0.29) is 6.04 Å². The van der Waals surface area contributed by atoms with Gasteiger partial charge in [-0.25, -0.2) is 0 Å². The highest BCUT2D eigenvalue weighted by molar-refractivity contribution is 7.81. The predicted molar refractivity (Wildman–Crippen MR) is 90.1 cm³/mol. The van der Waals surface area contributed by atoms with Gasteiger partial charge in [-0.05, 0) is 12.1 Å². The summed E-state index contributed by atoms with van der Waals surface area (Å²) in [6.07, 6.45) is 0. The maximum atomic E-state index is 5.63. The minimum Gasteiger partial charge on any atom is -0.372 e. The molecule has 0 spiro atoms. The summed E-state index contributed by atoms with van der Waals surface area (Å²) >= 11 is 10.3. The Bertz CT molecular complexity index is 835. The first-order valence-corrected chi connectivity index (χ1v) is 7.30. The van der Waals surface area contributed by atoms with Crippen LogP contribution < -0.4 is 5.32 Å². The molecular weight excluding hydrogens is 284 g/mol. The zero-order chi connectivity index (χ0) is 13.7. The lowest BCUT2D eigenvalue weighted by Crippen LogP contribution is -2.12. The van der Waals surface area contributed by atoms with Crippen molar-refractivity contribution in [1.29, 1.82) is 0 Å². The molecule has 1 aromatic heterocycles. The Morgan fingerprint density at radius 1 is 1.00 bits per heavy atom. The highest BCUT2D eigenvalue weighted by Gasteiger charge is 2.30. The maximum Gasteiger partial charge on any atom is 0.104 e. The number of aromatic amines is 1. The third-order valence-electron chi connectivity index (χ3n) is 3.75. The first-order valence-electron chi connectivity index (χ1n) is 6.45. The van der Waals surface area contributed by atoms with Gasteiger partial charge in [-0.3, -0.25) is 0 Å². The third-order valence-corrected chi connectivity index (χ3v) is 4.69. The molecular formula is C16H12N2S2. The molecule has 1 aliphatic heterocycles. The molecule has 0 saturated carbocycles. The number of para-hydroxylation sites is 2. The molecule has 0 amide bonds. The zero-order valence-electron chi connectivity index (χ0n) is 10.6. The van der Waals surface area contributed by atoms with Gasteiger partial charge in [0.1, 0.15) is 6.04 Å². The van der Waals surface area contributed by atoms with Crippen molar-refractivity contribution in [3.63, 3.8) is 0 Å². The minimum absolute atomic E-state index is 0.0118. The first-order chi connectivity index (χ1) is 9.75. The smallest absolute Gasteiger partial charge is 0.104 e. The SMILES string of the molecule is S=C1c2ccccc2NC1c1[nH]c2ccccc2c1S. The number of aromatic nitrogens is 1. The monoisotopic (exact) mass is 296 g/mol. The van der Waals surface area contributed by atoms with E-state index < -0.39 is 0 Å². The quantitative estimate of drug-likeness (QED) is 0.460. The number of hydrogen-bond acceptors (Lipinski definition) is 3. The number of nitrogens with one attached hydrogen (secondary N) is 2. The number of H-pyrrole nitrogens is 1. The molecule has 4 heteroatoms. The summed E-state index contributed by atoms with van der Waals surface area (Å²) in [4.78, 5) is 5.33. The molecule has 2 nitrogen and oxygen atoms in total. The van der Waals surface area contributed by atoms with Crippen LogP contribution in [0.25, 0.3) is 10.9 Å². The van der Waals surface area contributed by atoms with Gasteiger partial charge in [0.05, 0.1) is 10.6 Å². The van der Waals surface area contributed by atoms with Crippen LogP contribution in [0.5, 0.6) is 0 Å². The van der Waals surface area contributed by atoms with Crippen molar-refractivity contribution in [2.45, 2.75) is 10.9 Å². The standard InChI is InChI=1S/C16H12N2S2/c19-15-9-5-1-3-7-11(9)17-13(15)14-16(20)10-6-2-4-8-12(10)18-14/h1-8,13,17-18,20H. The van der Waals surface area contributed by atoms with E-state index >= 15 is 0 Å². The van der Waals surface area contributed by atoms with Gasteiger partial charge in [0, 0.05) is 27.0 Å². The van der Waals surface area contributed by atoms with E-state index in [0.29, 0.717) is 0 Å². The number of hydrogen-bond donors (Lipinski definition) is 3. The average molecular weight is 296 g/mol. The maximum absolute atomic E-state index is 5.63. The number of anilines is 1. The first kappa shape index (κ1) is 12.0. The van der Waals surface area contributed by atoms with Crippen molar-refractivity contribution >= 4 is 46.3 Å². The van der Waals surface area contributed by atoms with Gasteiger partial charge in [0.15, 0.2) is 0 Å². The van der Waals surface area contributed by atoms with Crippen LogP contribution in [-0.2, 0) is 0 Å². The molecule has 2 N–H and O–H groups in total. The summed E-state index contributed by atoms with van der Waals surface area (Å²) in [5, 5.41) is 4.61. The Kier molecular flexibility index (Phi) is 2.62. The lowest BCUT2D eigenvalue weighted by molar-refractivity contribution is 0.993. The number of fused-ring (bicyclic) bond motifs is 2. The van der Waals surface area contributed by atoms with Gasteiger partial charge >= 0.3 is 0 Å². The second-order valence-corrected chi connectivity index (χ2v) is 5.81. The number of rotatable bonds is 1. The molecule has 2 heterocycles. The van der Waals surface area contributed by atoms with Gasteiger partial charge < -0.3 is 10.3 Å². The number of thiocarbonyl (C=S) groups is 1. The van der Waals surface area contributed by atoms with Crippen LogP contribution in [0.3, 0.4) is 0 Å². The fourth-order valence-corrected chi connectivity index (χ4v) is 3.50. The number of thiol groups is 1. The molecule has 0 bridgehead atoms. The Labute approximate surface area is 127 Å². The van der Waals surface area contributed by atoms with E-state index in [0.717, 1.165) is 37.6 Å². The van der Waals surface area contributed by atoms with Gasteiger partial charge in [-0.1, -0.05) is 48.6 Å². The summed E-state index contributed by atoms with van der Waals surface area (Å²) in [7, 11) is 0. The Morgan fingerprint density at radius 2 is 1.75 bits per heavy atom. The van der Waals surface area contributed by atoms with Crippen molar-refractivity contribution in [2.24, 2.45) is 0 Å². The highest BCUT2D eigenvalue weighted by atomic mass is 32.1. The van der Waals surface area contributed by atoms with E-state index in [4.69, 9.17) is 12.2 Å². The molecule has 1 atom stereocenters. The Balaban J connectivity index is 1.86. The highest BCUT2D eigenvalue weighted by Crippen LogP contribution is 2.38. The van der Waals surface area contributed by atoms with Crippen LogP contribution in [0.15, 0.2) is 53.4 Å². The van der Waals surface area contributed by atoms with E-state index in [1.165, 1.54) is 0 Å². The van der Waals surface area contributed by atoms with E-state index in [9.17, 15) is 0 Å². The van der Waals surface area contributed by atoms with Crippen molar-refractivity contribution in [1.82, 2.24) is 4.98 Å². The van der Waals surface area contributed by atoms with Crippen LogP contribution in [0, 0.1) is 0 Å². The molecule has 0 aliphatic carbocycles. The van der Waals surface area contributed by atoms with Crippen LogP contribution in [0.4, 0.5) is 5.69 Å². The molecule has 2 aromatic carbocycles. The molecule has 4 rings (SSSR count). The van der Waals surface area contributed by atoms with Crippen LogP contribution in [0.2, 0.25) is 0 Å². The van der Waals surface area contributed by atoms with E-state index in [1.807, 2.05) is 24.3 Å². The Hall–Kier alpha value is -1.78. The Morgan fingerprint density at radius 3 is 2.55 bits per heavy atom. The summed E-state index contributed by atoms with van der Waals surface area (Å²) in [5.74, 6) is 0. The van der Waals surface area contributed by atoms with Crippen LogP contribution >= 0.6 is 24.8 Å². The lowest BCUT2D eigenvalue weighted by atomic mass is 10.1. The second-order valence-electron chi connectivity index (χ2n) is 4.92. The van der Waals surface area contributed by atoms with Crippen molar-refractivity contribution < 1.29 is 0 Å². The lowest BCUT2D eigenvalue weighted by Gasteiger charge is -2.11. The van der Waals surface area contributed by atoms with Gasteiger partial charge in [-0.15, -0.1) is 12.6 Å². The predicted octanol–water partition coefficient (Wildman–Crippen LogP) is 4.34. The molecule has 1 aliphatic rings. The topological polar surface area (TPSA) is 27.8 Å². The van der Waals surface area contributed by atoms with Crippen molar-refractivity contribution in [3.8, 4) is 0 Å². The molecule has 20 heavy (non-hydrogen) atoms. The van der Waals surface area contributed by atoms with E-state index in [1.54, 1.807) is 0 Å². The average Bonchev–Trinajstić information content (AvgIpc) is 2.98. The molecule has 0 saturated heterocycles. The normalized spacial score (nSPS) is 17.2. The minimum atomic E-state index is -0.0118. The molecule has 0 fully saturated rings. The summed E-state index contributed by atoms with van der Waals surface area (Å²) in [5.41, 5.74) is 4.33. The van der Waals surface area contributed by atoms with Crippen LogP contribution in [-0.4, -0.2) is 9.85 Å². The summed E-state index contributed by atoms with van der Waals surface area (Å²) < 4.78 is 0. The van der Waals surface area contributed by atoms with Gasteiger partial charge in [0.25, 0.3) is 0 Å². The number of benzene rings is 2. The molecule has 0 radical (unpaired) electrons. The molecule has 3 aromatic rings. The third kappa shape index (κ3) is 1.62. The van der Waals surface area contributed by atoms with E-state index in [2.05, 4.69) is 47.2 Å². The largest absolute Gasteiger partial charge is 0.372 e. The summed E-state index contributed by atoms with van der Waals surface area (Å²) in [6.45, 7) is 0. The van der Waals surface area contributed by atoms with Crippen molar-refractivity contribution in [3.05, 3.63) is 59.8 Å². The summed E-state index contributed by atoms with van der Waals surface area (Å²) in [6, 6.07) is 16.3. The fourth-order valence-electron chi connectivity index (χ4n) is 2.76. The fraction of sp³-hybridized carbons (Fsp3) is 0.0625. The van der Waals surface area contributed by atoms with Gasteiger partial charge in [-0.2, -0.15) is 0 Å². The van der Waals surface area contributed by atoms with Gasteiger partial charge in [0.2, 0.25) is 0 Å². The molecule has 1 unspecified atom stereocenters. The zero-order valence-corrected chi connectivity index (χ0v) is 12.3. The van der Waals surface area contributed by atoms with Crippen molar-refractivity contribution in [2.75, 3.05) is 5.32 Å². The molecule has 98 valence electrons. The van der Waals surface area contributed by atoms with Crippen LogP contribution in [0.1, 0.15) is 17.3 Å². The second kappa shape index (κ2) is 4.36.